The van der Waals surface area contributed by atoms with Crippen LogP contribution in [0, 0.1) is 6.92 Å². The van der Waals surface area contributed by atoms with E-state index >= 15 is 0 Å². The molecule has 1 aromatic rings. The first-order valence-electron chi connectivity index (χ1n) is 8.73. The molecule has 0 fully saturated rings. The summed E-state index contributed by atoms with van der Waals surface area (Å²) in [6.07, 6.45) is 4.98. The van der Waals surface area contributed by atoms with Crippen LogP contribution in [0.15, 0.2) is 24.3 Å². The Hall–Kier alpha value is -0.860. The van der Waals surface area contributed by atoms with Crippen molar-refractivity contribution in [1.82, 2.24) is 10.2 Å². The van der Waals surface area contributed by atoms with Gasteiger partial charge in [-0.1, -0.05) is 57.0 Å². The van der Waals surface area contributed by atoms with E-state index in [0.717, 1.165) is 13.1 Å². The Balaban J connectivity index is 2.58. The van der Waals surface area contributed by atoms with E-state index < -0.39 is 0 Å². The zero-order chi connectivity index (χ0) is 15.5. The summed E-state index contributed by atoms with van der Waals surface area (Å²) in [6, 6.07) is 9.51. The van der Waals surface area contributed by atoms with Crippen LogP contribution in [-0.2, 0) is 0 Å². The molecule has 0 radical (unpaired) electrons. The zero-order valence-corrected chi connectivity index (χ0v) is 14.5. The average Bonchev–Trinajstić information content (AvgIpc) is 2.51. The van der Waals surface area contributed by atoms with Gasteiger partial charge in [0.2, 0.25) is 0 Å². The molecule has 1 rings (SSSR count). The van der Waals surface area contributed by atoms with Crippen LogP contribution in [0.1, 0.15) is 63.6 Å². The smallest absolute Gasteiger partial charge is 0.0332 e. The monoisotopic (exact) mass is 290 g/mol. The summed E-state index contributed by atoms with van der Waals surface area (Å²) in [6.45, 7) is 13.6. The van der Waals surface area contributed by atoms with Crippen molar-refractivity contribution in [3.05, 3.63) is 35.4 Å². The molecule has 0 bridgehead atoms. The second-order valence-electron chi connectivity index (χ2n) is 5.99. The van der Waals surface area contributed by atoms with Gasteiger partial charge in [0, 0.05) is 6.04 Å². The molecule has 0 aliphatic carbocycles. The fourth-order valence-electron chi connectivity index (χ4n) is 2.63. The number of benzene rings is 1. The van der Waals surface area contributed by atoms with Crippen LogP contribution in [0.25, 0.3) is 0 Å². The van der Waals surface area contributed by atoms with Crippen LogP contribution in [0.4, 0.5) is 0 Å². The Morgan fingerprint density at radius 3 is 2.29 bits per heavy atom. The summed E-state index contributed by atoms with van der Waals surface area (Å²) >= 11 is 0. The number of hydrogen-bond donors (Lipinski definition) is 1. The molecule has 0 saturated carbocycles. The molecule has 1 atom stereocenters. The van der Waals surface area contributed by atoms with E-state index in [-0.39, 0.29) is 0 Å². The predicted molar refractivity (Wildman–Crippen MR) is 93.9 cm³/mol. The number of rotatable bonds is 11. The van der Waals surface area contributed by atoms with Crippen molar-refractivity contribution in [2.45, 2.75) is 59.4 Å². The molecule has 0 spiro atoms. The minimum Gasteiger partial charge on any atom is -0.310 e. The topological polar surface area (TPSA) is 15.3 Å². The third-order valence-electron chi connectivity index (χ3n) is 4.13. The van der Waals surface area contributed by atoms with Gasteiger partial charge in [0.1, 0.15) is 0 Å². The SMILES string of the molecule is CCCCN(CC)CCC(NCCC)c1ccc(C)cc1. The predicted octanol–water partition coefficient (Wildman–Crippen LogP) is 4.55. The lowest BCUT2D eigenvalue weighted by atomic mass is 10.0. The molecule has 21 heavy (non-hydrogen) atoms. The lowest BCUT2D eigenvalue weighted by Crippen LogP contribution is -2.30. The van der Waals surface area contributed by atoms with Crippen LogP contribution >= 0.6 is 0 Å². The second-order valence-corrected chi connectivity index (χ2v) is 5.99. The van der Waals surface area contributed by atoms with Crippen LogP contribution in [0.5, 0.6) is 0 Å². The number of nitrogens with zero attached hydrogens (tertiary/aromatic N) is 1. The third kappa shape index (κ3) is 7.10. The standard InChI is InChI=1S/C19H34N2/c1-5-8-15-21(7-3)16-13-19(20-14-6-2)18-11-9-17(4)10-12-18/h9-12,19-20H,5-8,13-16H2,1-4H3. The highest BCUT2D eigenvalue weighted by Crippen LogP contribution is 2.18. The lowest BCUT2D eigenvalue weighted by molar-refractivity contribution is 0.265. The highest BCUT2D eigenvalue weighted by Gasteiger charge is 2.12. The fraction of sp³-hybridized carbons (Fsp3) is 0.684. The van der Waals surface area contributed by atoms with E-state index in [0.29, 0.717) is 6.04 Å². The van der Waals surface area contributed by atoms with E-state index in [1.807, 2.05) is 0 Å². The highest BCUT2D eigenvalue weighted by molar-refractivity contribution is 5.24. The van der Waals surface area contributed by atoms with Crippen molar-refractivity contribution in [1.29, 1.82) is 0 Å². The molecule has 0 saturated heterocycles. The average molecular weight is 290 g/mol. The normalized spacial score (nSPS) is 12.8. The minimum atomic E-state index is 0.487. The van der Waals surface area contributed by atoms with Crippen molar-refractivity contribution in [3.8, 4) is 0 Å². The van der Waals surface area contributed by atoms with Gasteiger partial charge in [-0.15, -0.1) is 0 Å². The van der Waals surface area contributed by atoms with Crippen LogP contribution in [0.3, 0.4) is 0 Å². The van der Waals surface area contributed by atoms with E-state index in [9.17, 15) is 0 Å². The molecule has 120 valence electrons. The van der Waals surface area contributed by atoms with Crippen LogP contribution < -0.4 is 5.32 Å². The number of unbranched alkanes of at least 4 members (excludes halogenated alkanes) is 1. The molecule has 0 aliphatic heterocycles. The Morgan fingerprint density at radius 1 is 1.00 bits per heavy atom. The number of aryl methyl sites for hydroxylation is 1. The zero-order valence-electron chi connectivity index (χ0n) is 14.5. The van der Waals surface area contributed by atoms with Crippen molar-refractivity contribution in [2.24, 2.45) is 0 Å². The van der Waals surface area contributed by atoms with E-state index in [2.05, 4.69) is 62.2 Å². The van der Waals surface area contributed by atoms with Gasteiger partial charge in [0.25, 0.3) is 0 Å². The summed E-state index contributed by atoms with van der Waals surface area (Å²) < 4.78 is 0. The van der Waals surface area contributed by atoms with Crippen molar-refractivity contribution in [2.75, 3.05) is 26.2 Å². The largest absolute Gasteiger partial charge is 0.310 e. The molecule has 1 N–H and O–H groups in total. The molecule has 2 nitrogen and oxygen atoms in total. The van der Waals surface area contributed by atoms with Gasteiger partial charge in [0.15, 0.2) is 0 Å². The summed E-state index contributed by atoms with van der Waals surface area (Å²) in [5, 5.41) is 3.71. The maximum atomic E-state index is 3.71. The Kier molecular flexibility index (Phi) is 9.36. The first kappa shape index (κ1) is 18.2. The Morgan fingerprint density at radius 2 is 1.71 bits per heavy atom. The van der Waals surface area contributed by atoms with Gasteiger partial charge < -0.3 is 10.2 Å². The highest BCUT2D eigenvalue weighted by atomic mass is 15.1. The third-order valence-corrected chi connectivity index (χ3v) is 4.13. The lowest BCUT2D eigenvalue weighted by Gasteiger charge is -2.25. The summed E-state index contributed by atoms with van der Waals surface area (Å²) in [4.78, 5) is 2.58. The van der Waals surface area contributed by atoms with Crippen molar-refractivity contribution in [3.63, 3.8) is 0 Å². The number of nitrogens with one attached hydrogen (secondary N) is 1. The molecule has 1 aromatic carbocycles. The first-order chi connectivity index (χ1) is 10.2. The van der Waals surface area contributed by atoms with Gasteiger partial charge in [-0.25, -0.2) is 0 Å². The summed E-state index contributed by atoms with van der Waals surface area (Å²) in [7, 11) is 0. The molecule has 0 aromatic heterocycles. The molecule has 0 aliphatic rings. The molecule has 0 heterocycles. The molecule has 2 heteroatoms. The van der Waals surface area contributed by atoms with Gasteiger partial charge >= 0.3 is 0 Å². The summed E-state index contributed by atoms with van der Waals surface area (Å²) in [5.74, 6) is 0. The van der Waals surface area contributed by atoms with E-state index in [4.69, 9.17) is 0 Å². The van der Waals surface area contributed by atoms with Crippen LogP contribution in [-0.4, -0.2) is 31.1 Å². The van der Waals surface area contributed by atoms with E-state index in [1.165, 1.54) is 49.9 Å². The van der Waals surface area contributed by atoms with Crippen LogP contribution in [0.2, 0.25) is 0 Å². The summed E-state index contributed by atoms with van der Waals surface area (Å²) in [5.41, 5.74) is 2.77. The fourth-order valence-corrected chi connectivity index (χ4v) is 2.63. The molecule has 1 unspecified atom stereocenters. The quantitative estimate of drug-likeness (QED) is 0.643. The maximum Gasteiger partial charge on any atom is 0.0332 e. The van der Waals surface area contributed by atoms with Crippen molar-refractivity contribution < 1.29 is 0 Å². The Labute approximate surface area is 131 Å². The number of hydrogen-bond acceptors (Lipinski definition) is 2. The molecular weight excluding hydrogens is 256 g/mol. The van der Waals surface area contributed by atoms with Crippen molar-refractivity contribution >= 4 is 0 Å². The van der Waals surface area contributed by atoms with Gasteiger partial charge in [-0.3, -0.25) is 0 Å². The Bertz CT molecular complexity index is 358. The minimum absolute atomic E-state index is 0.487. The van der Waals surface area contributed by atoms with Gasteiger partial charge in [-0.2, -0.15) is 0 Å². The van der Waals surface area contributed by atoms with E-state index in [1.54, 1.807) is 0 Å². The van der Waals surface area contributed by atoms with Gasteiger partial charge in [0.05, 0.1) is 0 Å². The molecule has 0 amide bonds. The van der Waals surface area contributed by atoms with Gasteiger partial charge in [-0.05, 0) is 57.9 Å². The molecular formula is C19H34N2. The second kappa shape index (κ2) is 10.8. The maximum absolute atomic E-state index is 3.71. The first-order valence-corrected chi connectivity index (χ1v) is 8.73.